The number of carbonyl (C=O) groups is 2. The number of benzene rings is 2. The van der Waals surface area contributed by atoms with Gasteiger partial charge in [-0.05, 0) is 67.3 Å². The molecule has 3 fully saturated rings. The molecule has 256 valence electrons. The number of aromatic nitrogens is 4. The molecule has 3 saturated heterocycles. The zero-order chi connectivity index (χ0) is 34.4. The number of pyridine rings is 1. The van der Waals surface area contributed by atoms with E-state index in [-0.39, 0.29) is 18.4 Å². The fourth-order valence-corrected chi connectivity index (χ4v) is 7.42. The second kappa shape index (κ2) is 13.2. The molecule has 2 aromatic carbocycles. The average Bonchev–Trinajstić information content (AvgIpc) is 3.78. The molecule has 10 nitrogen and oxygen atoms in total. The van der Waals surface area contributed by atoms with Crippen LogP contribution in [0.4, 0.5) is 24.8 Å². The number of fused-ring (bicyclic) bond motifs is 1. The van der Waals surface area contributed by atoms with Gasteiger partial charge in [-0.1, -0.05) is 18.2 Å². The van der Waals surface area contributed by atoms with E-state index < -0.39 is 29.3 Å². The number of amides is 2. The summed E-state index contributed by atoms with van der Waals surface area (Å²) in [5.74, 6) is -1.22. The van der Waals surface area contributed by atoms with E-state index in [1.54, 1.807) is 16.8 Å². The van der Waals surface area contributed by atoms with E-state index in [9.17, 15) is 18.4 Å². The SMILES string of the molecule is O=C1CCC(c2ccc(CN3CCN(c4cccc(-c5cnn6ccc(N7CCC[C@@H]7c7cc(F)ccc7F)nc56)n4)CC3)cc2F)C(=O)N1. The summed E-state index contributed by atoms with van der Waals surface area (Å²) in [6, 6.07) is 16.0. The summed E-state index contributed by atoms with van der Waals surface area (Å²) in [5, 5.41) is 6.81. The molecule has 6 heterocycles. The third-order valence-corrected chi connectivity index (χ3v) is 10.0. The van der Waals surface area contributed by atoms with Crippen molar-refractivity contribution in [2.45, 2.75) is 44.2 Å². The van der Waals surface area contributed by atoms with Gasteiger partial charge in [-0.25, -0.2) is 27.7 Å². The van der Waals surface area contributed by atoms with Crippen LogP contribution in [-0.2, 0) is 16.1 Å². The number of anilines is 2. The highest BCUT2D eigenvalue weighted by molar-refractivity contribution is 6.00. The highest BCUT2D eigenvalue weighted by Crippen LogP contribution is 2.37. The predicted molar refractivity (Wildman–Crippen MR) is 181 cm³/mol. The standard InChI is InChI=1S/C37H35F3N8O2/c38-24-7-10-29(39)27(20-24)32-4-2-13-47(32)34-12-14-48-36(43-34)28(21-41-48)31-3-1-5-33(42-31)46-17-15-45(16-18-46)22-23-6-8-25(30(40)19-23)26-9-11-35(49)44-37(26)50/h1,3,5-8,10,12,14,19-21,26,32H,2,4,9,11,13,15-18,22H2,(H,44,49,50)/t26?,32-/m1/s1. The minimum absolute atomic E-state index is 0.207. The van der Waals surface area contributed by atoms with E-state index in [2.05, 4.69) is 20.2 Å². The third-order valence-electron chi connectivity index (χ3n) is 10.0. The van der Waals surface area contributed by atoms with Gasteiger partial charge in [-0.3, -0.25) is 19.8 Å². The minimum Gasteiger partial charge on any atom is -0.354 e. The summed E-state index contributed by atoms with van der Waals surface area (Å²) >= 11 is 0. The number of piperazine rings is 1. The van der Waals surface area contributed by atoms with Gasteiger partial charge in [0.2, 0.25) is 11.8 Å². The molecule has 50 heavy (non-hydrogen) atoms. The molecule has 0 spiro atoms. The van der Waals surface area contributed by atoms with Crippen molar-refractivity contribution in [2.24, 2.45) is 0 Å². The lowest BCUT2D eigenvalue weighted by atomic mass is 9.89. The molecule has 1 unspecified atom stereocenters. The number of rotatable bonds is 7. The van der Waals surface area contributed by atoms with Crippen LogP contribution in [0.15, 0.2) is 73.1 Å². The Bertz CT molecular complexity index is 2100. The Morgan fingerprint density at radius 1 is 0.820 bits per heavy atom. The third kappa shape index (κ3) is 6.17. The molecule has 0 aliphatic carbocycles. The number of carbonyl (C=O) groups excluding carboxylic acids is 2. The molecular formula is C37H35F3N8O2. The van der Waals surface area contributed by atoms with Gasteiger partial charge in [0.15, 0.2) is 5.65 Å². The molecule has 1 N–H and O–H groups in total. The fraction of sp³-hybridized carbons (Fsp3) is 0.324. The molecule has 2 atom stereocenters. The number of halogens is 3. The first kappa shape index (κ1) is 31.9. The topological polar surface area (TPSA) is 99.0 Å². The van der Waals surface area contributed by atoms with Crippen LogP contribution >= 0.6 is 0 Å². The lowest BCUT2D eigenvalue weighted by Gasteiger charge is -2.35. The Hall–Kier alpha value is -5.30. The lowest BCUT2D eigenvalue weighted by molar-refractivity contribution is -0.134. The molecule has 13 heteroatoms. The molecule has 3 aliphatic rings. The summed E-state index contributed by atoms with van der Waals surface area (Å²) < 4.78 is 45.6. The van der Waals surface area contributed by atoms with Crippen LogP contribution in [-0.4, -0.2) is 69.0 Å². The monoisotopic (exact) mass is 680 g/mol. The van der Waals surface area contributed by atoms with Crippen molar-refractivity contribution in [3.8, 4) is 11.3 Å². The Labute approximate surface area is 286 Å². The second-order valence-corrected chi connectivity index (χ2v) is 13.1. The fourth-order valence-electron chi connectivity index (χ4n) is 7.42. The molecule has 3 aliphatic heterocycles. The van der Waals surface area contributed by atoms with Crippen LogP contribution in [0.5, 0.6) is 0 Å². The maximum atomic E-state index is 15.1. The zero-order valence-corrected chi connectivity index (χ0v) is 27.2. The van der Waals surface area contributed by atoms with Crippen molar-refractivity contribution in [3.63, 3.8) is 0 Å². The van der Waals surface area contributed by atoms with E-state index in [1.165, 1.54) is 18.2 Å². The molecular weight excluding hydrogens is 645 g/mol. The number of hydrogen-bond donors (Lipinski definition) is 1. The van der Waals surface area contributed by atoms with Gasteiger partial charge in [-0.15, -0.1) is 0 Å². The first-order chi connectivity index (χ1) is 24.3. The average molecular weight is 681 g/mol. The first-order valence-electron chi connectivity index (χ1n) is 16.9. The van der Waals surface area contributed by atoms with Gasteiger partial charge in [-0.2, -0.15) is 5.10 Å². The van der Waals surface area contributed by atoms with Gasteiger partial charge in [0.25, 0.3) is 0 Å². The Morgan fingerprint density at radius 3 is 2.50 bits per heavy atom. The van der Waals surface area contributed by atoms with Crippen molar-refractivity contribution < 1.29 is 22.8 Å². The Balaban J connectivity index is 0.950. The van der Waals surface area contributed by atoms with Crippen LogP contribution in [0, 0.1) is 17.5 Å². The van der Waals surface area contributed by atoms with Gasteiger partial charge >= 0.3 is 0 Å². The number of imide groups is 1. The van der Waals surface area contributed by atoms with Gasteiger partial charge in [0, 0.05) is 63.0 Å². The van der Waals surface area contributed by atoms with Crippen molar-refractivity contribution in [2.75, 3.05) is 42.5 Å². The van der Waals surface area contributed by atoms with E-state index >= 15 is 4.39 Å². The zero-order valence-electron chi connectivity index (χ0n) is 27.2. The minimum atomic E-state index is -0.651. The first-order valence-corrected chi connectivity index (χ1v) is 16.9. The van der Waals surface area contributed by atoms with E-state index in [0.717, 1.165) is 61.3 Å². The Morgan fingerprint density at radius 2 is 1.68 bits per heavy atom. The summed E-state index contributed by atoms with van der Waals surface area (Å²) in [7, 11) is 0. The summed E-state index contributed by atoms with van der Waals surface area (Å²) in [5.41, 5.74) is 3.61. The largest absolute Gasteiger partial charge is 0.354 e. The van der Waals surface area contributed by atoms with Crippen molar-refractivity contribution in [3.05, 3.63) is 107 Å². The van der Waals surface area contributed by atoms with Crippen LogP contribution in [0.1, 0.15) is 54.3 Å². The molecule has 2 amide bonds. The van der Waals surface area contributed by atoms with E-state index in [0.29, 0.717) is 48.5 Å². The van der Waals surface area contributed by atoms with Crippen LogP contribution in [0.3, 0.4) is 0 Å². The second-order valence-electron chi connectivity index (χ2n) is 13.1. The highest BCUT2D eigenvalue weighted by Gasteiger charge is 2.31. The molecule has 0 radical (unpaired) electrons. The molecule has 3 aromatic heterocycles. The maximum Gasteiger partial charge on any atom is 0.234 e. The quantitative estimate of drug-likeness (QED) is 0.229. The van der Waals surface area contributed by atoms with Gasteiger partial charge in [0.05, 0.1) is 29.4 Å². The summed E-state index contributed by atoms with van der Waals surface area (Å²) in [6.07, 6.45) is 5.63. The van der Waals surface area contributed by atoms with Gasteiger partial charge in [0.1, 0.15) is 29.1 Å². The van der Waals surface area contributed by atoms with Crippen molar-refractivity contribution >= 4 is 29.1 Å². The smallest absolute Gasteiger partial charge is 0.234 e. The lowest BCUT2D eigenvalue weighted by Crippen LogP contribution is -2.46. The van der Waals surface area contributed by atoms with Crippen LogP contribution in [0.25, 0.3) is 16.9 Å². The Kier molecular flexibility index (Phi) is 8.43. The maximum absolute atomic E-state index is 15.1. The molecule has 5 aromatic rings. The van der Waals surface area contributed by atoms with Crippen molar-refractivity contribution in [1.82, 2.24) is 29.8 Å². The normalized spacial score (nSPS) is 20.1. The van der Waals surface area contributed by atoms with E-state index in [1.807, 2.05) is 41.4 Å². The van der Waals surface area contributed by atoms with E-state index in [4.69, 9.17) is 9.97 Å². The predicted octanol–water partition coefficient (Wildman–Crippen LogP) is 5.39. The van der Waals surface area contributed by atoms with Crippen LogP contribution < -0.4 is 15.1 Å². The molecule has 0 saturated carbocycles. The number of piperidine rings is 1. The number of hydrogen-bond acceptors (Lipinski definition) is 8. The number of nitrogens with zero attached hydrogens (tertiary/aromatic N) is 7. The van der Waals surface area contributed by atoms with Gasteiger partial charge < -0.3 is 9.80 Å². The van der Waals surface area contributed by atoms with Crippen molar-refractivity contribution in [1.29, 1.82) is 0 Å². The summed E-state index contributed by atoms with van der Waals surface area (Å²) in [6.45, 7) is 4.23. The molecule has 8 rings (SSSR count). The van der Waals surface area contributed by atoms with Crippen LogP contribution in [0.2, 0.25) is 0 Å². The number of nitrogens with one attached hydrogen (secondary N) is 1. The molecule has 0 bridgehead atoms. The summed E-state index contributed by atoms with van der Waals surface area (Å²) in [4.78, 5) is 40.2. The highest BCUT2D eigenvalue weighted by atomic mass is 19.1.